The van der Waals surface area contributed by atoms with Crippen molar-refractivity contribution in [3.8, 4) is 0 Å². The van der Waals surface area contributed by atoms with Crippen LogP contribution in [-0.4, -0.2) is 42.4 Å². The van der Waals surface area contributed by atoms with Crippen LogP contribution in [0.5, 0.6) is 0 Å². The Morgan fingerprint density at radius 1 is 1.53 bits per heavy atom. The summed E-state index contributed by atoms with van der Waals surface area (Å²) in [5, 5.41) is 12.0. The number of nitrogens with two attached hydrogens (primary N) is 1. The van der Waals surface area contributed by atoms with Crippen LogP contribution >= 0.6 is 0 Å². The minimum Gasteiger partial charge on any atom is -0.462 e. The highest BCUT2D eigenvalue weighted by atomic mass is 16.5. The molecule has 2 atom stereocenters. The molecule has 90 valence electrons. The number of hydrogen-bond donors (Lipinski definition) is 3. The minimum absolute atomic E-state index is 0.00347. The number of hydrogen-bond acceptors (Lipinski definition) is 5. The number of ether oxygens (including phenoxy) is 1. The molecule has 0 saturated carbocycles. The second-order valence-electron chi connectivity index (χ2n) is 4.55. The van der Waals surface area contributed by atoms with E-state index in [-0.39, 0.29) is 17.7 Å². The lowest BCUT2D eigenvalue weighted by Gasteiger charge is -2.24. The number of aliphatic hydroxyl groups excluding tert-OH is 1. The van der Waals surface area contributed by atoms with Gasteiger partial charge in [0.05, 0.1) is 6.10 Å². The van der Waals surface area contributed by atoms with Gasteiger partial charge in [0.15, 0.2) is 0 Å². The van der Waals surface area contributed by atoms with Crippen molar-refractivity contribution < 1.29 is 14.6 Å². The summed E-state index contributed by atoms with van der Waals surface area (Å²) in [5.74, 6) is 0. The maximum absolute atomic E-state index is 9.60. The van der Waals surface area contributed by atoms with Gasteiger partial charge >= 0.3 is 0 Å². The van der Waals surface area contributed by atoms with Gasteiger partial charge < -0.3 is 20.9 Å². The van der Waals surface area contributed by atoms with Crippen LogP contribution in [0.4, 0.5) is 0 Å². The molecule has 1 fully saturated rings. The molecular weight excluding hydrogens is 196 g/mol. The maximum Gasteiger partial charge on any atom is 0.293 e. The molecule has 0 bridgehead atoms. The smallest absolute Gasteiger partial charge is 0.293 e. The third-order valence-electron chi connectivity index (χ3n) is 1.90. The molecule has 1 aliphatic heterocycles. The Morgan fingerprint density at radius 2 is 2.13 bits per heavy atom. The summed E-state index contributed by atoms with van der Waals surface area (Å²) >= 11 is 0. The summed E-state index contributed by atoms with van der Waals surface area (Å²) in [6.07, 6.45) is 0.560. The van der Waals surface area contributed by atoms with E-state index in [0.717, 1.165) is 13.0 Å². The van der Waals surface area contributed by atoms with Gasteiger partial charge in [-0.25, -0.2) is 0 Å². The molecule has 1 aliphatic rings. The number of carbonyl (C=O) groups is 1. The van der Waals surface area contributed by atoms with Crippen LogP contribution < -0.4 is 11.1 Å². The van der Waals surface area contributed by atoms with Gasteiger partial charge in [0.2, 0.25) is 0 Å². The Hall–Kier alpha value is -0.650. The van der Waals surface area contributed by atoms with Crippen LogP contribution in [0.3, 0.4) is 0 Å². The lowest BCUT2D eigenvalue weighted by molar-refractivity contribution is -0.138. The summed E-state index contributed by atoms with van der Waals surface area (Å²) in [7, 11) is 0. The minimum atomic E-state index is -0.330. The predicted molar refractivity (Wildman–Crippen MR) is 58.4 cm³/mol. The van der Waals surface area contributed by atoms with Crippen LogP contribution in [0, 0.1) is 0 Å². The van der Waals surface area contributed by atoms with E-state index in [1.54, 1.807) is 0 Å². The lowest BCUT2D eigenvalue weighted by atomic mass is 10.1. The Kier molecular flexibility index (Phi) is 6.47. The van der Waals surface area contributed by atoms with Crippen molar-refractivity contribution in [1.82, 2.24) is 5.32 Å². The van der Waals surface area contributed by atoms with Crippen molar-refractivity contribution in [3.63, 3.8) is 0 Å². The molecular formula is C10H22N2O3. The summed E-state index contributed by atoms with van der Waals surface area (Å²) in [6.45, 7) is 7.52. The van der Waals surface area contributed by atoms with E-state index in [1.165, 1.54) is 0 Å². The van der Waals surface area contributed by atoms with Crippen LogP contribution in [0.1, 0.15) is 27.2 Å². The first-order chi connectivity index (χ1) is 6.87. The molecule has 0 aromatic carbocycles. The second kappa shape index (κ2) is 6.76. The van der Waals surface area contributed by atoms with Crippen LogP contribution in [0.25, 0.3) is 0 Å². The largest absolute Gasteiger partial charge is 0.462 e. The monoisotopic (exact) mass is 218 g/mol. The molecule has 4 N–H and O–H groups in total. The molecule has 0 aliphatic carbocycles. The predicted octanol–water partition coefficient (Wildman–Crippen LogP) is -0.374. The van der Waals surface area contributed by atoms with E-state index < -0.39 is 0 Å². The highest BCUT2D eigenvalue weighted by Crippen LogP contribution is 2.02. The molecule has 5 heteroatoms. The van der Waals surface area contributed by atoms with Crippen LogP contribution in [0.2, 0.25) is 0 Å². The zero-order valence-electron chi connectivity index (χ0n) is 9.69. The molecule has 0 spiro atoms. The zero-order chi connectivity index (χ0) is 11.9. The second-order valence-corrected chi connectivity index (χ2v) is 4.55. The average molecular weight is 218 g/mol. The number of carbonyl (C=O) groups excluding carboxylic acids is 1. The van der Waals surface area contributed by atoms with Crippen molar-refractivity contribution in [2.75, 3.05) is 13.1 Å². The van der Waals surface area contributed by atoms with Gasteiger partial charge in [-0.2, -0.15) is 0 Å². The first-order valence-electron chi connectivity index (χ1n) is 5.12. The Morgan fingerprint density at radius 3 is 2.33 bits per heavy atom. The molecule has 0 aromatic heterocycles. The highest BCUT2D eigenvalue weighted by Gasteiger charge is 2.17. The van der Waals surface area contributed by atoms with Crippen molar-refractivity contribution >= 4 is 6.47 Å². The maximum atomic E-state index is 9.60. The van der Waals surface area contributed by atoms with E-state index >= 15 is 0 Å². The fraction of sp³-hybridized carbons (Fsp3) is 0.900. The number of aliphatic hydroxyl groups is 1. The average Bonchev–Trinajstić information content (AvgIpc) is 2.09. The third-order valence-corrected chi connectivity index (χ3v) is 1.90. The van der Waals surface area contributed by atoms with Crippen molar-refractivity contribution in [3.05, 3.63) is 0 Å². The first-order valence-corrected chi connectivity index (χ1v) is 5.12. The number of piperidine rings is 1. The fourth-order valence-electron chi connectivity index (χ4n) is 1.01. The molecule has 0 radical (unpaired) electrons. The summed E-state index contributed by atoms with van der Waals surface area (Å²) in [5.41, 5.74) is 5.17. The molecule has 1 saturated heterocycles. The Balaban J connectivity index is 0.000000265. The molecule has 0 aromatic rings. The number of nitrogens with one attached hydrogen (secondary N) is 1. The topological polar surface area (TPSA) is 84.6 Å². The summed E-state index contributed by atoms with van der Waals surface area (Å²) < 4.78 is 4.55. The fourth-order valence-corrected chi connectivity index (χ4v) is 1.01. The van der Waals surface area contributed by atoms with Crippen LogP contribution in [0.15, 0.2) is 0 Å². The molecule has 1 rings (SSSR count). The van der Waals surface area contributed by atoms with Gasteiger partial charge in [0, 0.05) is 12.6 Å². The van der Waals surface area contributed by atoms with Crippen molar-refractivity contribution in [2.24, 2.45) is 5.73 Å². The first kappa shape index (κ1) is 14.3. The van der Waals surface area contributed by atoms with Gasteiger partial charge in [-0.3, -0.25) is 4.79 Å². The molecule has 15 heavy (non-hydrogen) atoms. The highest BCUT2D eigenvalue weighted by molar-refractivity contribution is 5.37. The zero-order valence-corrected chi connectivity index (χ0v) is 9.69. The SMILES string of the molecule is CC(C)(C)OC=O.N[C@@H]1CCNC[C@H]1O. The molecule has 0 unspecified atom stereocenters. The molecule has 5 nitrogen and oxygen atoms in total. The van der Waals surface area contributed by atoms with E-state index in [9.17, 15) is 4.79 Å². The van der Waals surface area contributed by atoms with E-state index in [0.29, 0.717) is 13.0 Å². The lowest BCUT2D eigenvalue weighted by Crippen LogP contribution is -2.48. The van der Waals surface area contributed by atoms with Crippen LogP contribution in [-0.2, 0) is 9.53 Å². The Bertz CT molecular complexity index is 170. The third kappa shape index (κ3) is 8.35. The summed E-state index contributed by atoms with van der Waals surface area (Å²) in [6, 6.07) is -0.00347. The summed E-state index contributed by atoms with van der Waals surface area (Å²) in [4.78, 5) is 9.60. The normalized spacial score (nSPS) is 26.2. The van der Waals surface area contributed by atoms with E-state index in [1.807, 2.05) is 20.8 Å². The molecule has 0 amide bonds. The standard InChI is InChI=1S/C5H12N2O.C5H10O2/c6-4-1-2-7-3-5(4)8;1-5(2,3)7-4-6/h4-5,7-8H,1-3,6H2;4H,1-3H3/t4-,5-;/m1./s1. The van der Waals surface area contributed by atoms with Crippen molar-refractivity contribution in [2.45, 2.75) is 44.9 Å². The number of β-amino-alcohol motifs (C(OH)–C–C–N with tert-alkyl or cyclic N) is 1. The number of rotatable bonds is 1. The quantitative estimate of drug-likeness (QED) is 0.523. The van der Waals surface area contributed by atoms with E-state index in [2.05, 4.69) is 10.1 Å². The molecule has 1 heterocycles. The Labute approximate surface area is 91.0 Å². The van der Waals surface area contributed by atoms with Gasteiger partial charge in [-0.1, -0.05) is 0 Å². The van der Waals surface area contributed by atoms with Gasteiger partial charge in [-0.05, 0) is 33.7 Å². The van der Waals surface area contributed by atoms with Gasteiger partial charge in [-0.15, -0.1) is 0 Å². The van der Waals surface area contributed by atoms with E-state index in [4.69, 9.17) is 10.8 Å². The van der Waals surface area contributed by atoms with Gasteiger partial charge in [0.25, 0.3) is 6.47 Å². The van der Waals surface area contributed by atoms with Crippen molar-refractivity contribution in [1.29, 1.82) is 0 Å². The van der Waals surface area contributed by atoms with Gasteiger partial charge in [0.1, 0.15) is 5.60 Å².